The molecule has 1 aromatic heterocycles. The molecule has 134 valence electrons. The van der Waals surface area contributed by atoms with Crippen molar-refractivity contribution in [1.29, 1.82) is 0 Å². The van der Waals surface area contributed by atoms with E-state index in [1.165, 1.54) is 11.1 Å². The number of aliphatic imine (C=N–C) groups is 1. The van der Waals surface area contributed by atoms with E-state index in [1.807, 2.05) is 16.9 Å². The van der Waals surface area contributed by atoms with Gasteiger partial charge in [0.25, 0.3) is 0 Å². The number of hydrogen-bond acceptors (Lipinski definition) is 3. The van der Waals surface area contributed by atoms with Crippen molar-refractivity contribution in [3.63, 3.8) is 0 Å². The first-order valence-corrected chi connectivity index (χ1v) is 8.83. The van der Waals surface area contributed by atoms with Gasteiger partial charge in [0, 0.05) is 30.9 Å². The van der Waals surface area contributed by atoms with Gasteiger partial charge < -0.3 is 15.4 Å². The van der Waals surface area contributed by atoms with Crippen molar-refractivity contribution in [3.8, 4) is 0 Å². The van der Waals surface area contributed by atoms with E-state index in [4.69, 9.17) is 9.73 Å². The molecule has 1 saturated heterocycles. The van der Waals surface area contributed by atoms with Crippen LogP contribution in [0.1, 0.15) is 25.0 Å². The summed E-state index contributed by atoms with van der Waals surface area (Å²) >= 11 is 0. The Labute approximate surface area is 149 Å². The molecule has 25 heavy (non-hydrogen) atoms. The van der Waals surface area contributed by atoms with Crippen molar-refractivity contribution in [1.82, 2.24) is 20.4 Å². The van der Waals surface area contributed by atoms with Crippen LogP contribution in [0.3, 0.4) is 0 Å². The molecule has 1 aromatic carbocycles. The summed E-state index contributed by atoms with van der Waals surface area (Å²) < 4.78 is 7.25. The van der Waals surface area contributed by atoms with Crippen LogP contribution in [0, 0.1) is 5.41 Å². The molecule has 0 atom stereocenters. The number of hydrogen-bond donors (Lipinski definition) is 2. The molecule has 0 bridgehead atoms. The molecule has 0 amide bonds. The molecule has 6 heteroatoms. The Morgan fingerprint density at radius 2 is 2.04 bits per heavy atom. The molecule has 2 N–H and O–H groups in total. The van der Waals surface area contributed by atoms with E-state index in [1.54, 1.807) is 6.20 Å². The summed E-state index contributed by atoms with van der Waals surface area (Å²) in [5.41, 5.74) is 2.67. The van der Waals surface area contributed by atoms with Crippen LogP contribution in [-0.2, 0) is 17.8 Å². The van der Waals surface area contributed by atoms with Gasteiger partial charge in [-0.05, 0) is 24.1 Å². The Balaban J connectivity index is 1.65. The summed E-state index contributed by atoms with van der Waals surface area (Å²) in [4.78, 5) is 4.76. The highest BCUT2D eigenvalue weighted by atomic mass is 16.5. The molecule has 3 rings (SSSR count). The third-order valence-electron chi connectivity index (χ3n) is 4.35. The average molecular weight is 341 g/mol. The normalized spacial score (nSPS) is 16.3. The number of guanidine groups is 1. The van der Waals surface area contributed by atoms with Gasteiger partial charge in [-0.25, -0.2) is 4.99 Å². The number of ether oxygens (including phenoxy) is 1. The van der Waals surface area contributed by atoms with Gasteiger partial charge in [-0.3, -0.25) is 4.68 Å². The van der Waals surface area contributed by atoms with Gasteiger partial charge in [-0.2, -0.15) is 5.10 Å². The average Bonchev–Trinajstić information content (AvgIpc) is 3.10. The summed E-state index contributed by atoms with van der Waals surface area (Å²) in [6.07, 6.45) is 3.78. The second kappa shape index (κ2) is 8.16. The molecule has 0 aliphatic carbocycles. The molecule has 0 saturated carbocycles. The van der Waals surface area contributed by atoms with Crippen molar-refractivity contribution >= 4 is 5.96 Å². The molecule has 1 fully saturated rings. The Hall–Kier alpha value is -2.34. The van der Waals surface area contributed by atoms with Gasteiger partial charge in [0.15, 0.2) is 5.96 Å². The van der Waals surface area contributed by atoms with Crippen LogP contribution in [0.25, 0.3) is 0 Å². The third-order valence-corrected chi connectivity index (χ3v) is 4.35. The zero-order valence-electron chi connectivity index (χ0n) is 15.0. The third kappa shape index (κ3) is 4.82. The van der Waals surface area contributed by atoms with Crippen molar-refractivity contribution in [2.75, 3.05) is 26.3 Å². The summed E-state index contributed by atoms with van der Waals surface area (Å²) in [6.45, 7) is 9.04. The standard InChI is InChI=1S/C19H27N5O/c1-3-20-18(22-13-19(2)14-25-15-19)21-11-16-7-4-5-8-17(16)12-24-10-6-9-23-24/h4-10H,3,11-15H2,1-2H3,(H2,20,21,22). The van der Waals surface area contributed by atoms with Crippen LogP contribution in [0.15, 0.2) is 47.7 Å². The predicted molar refractivity (Wildman–Crippen MR) is 99.5 cm³/mol. The highest BCUT2D eigenvalue weighted by Crippen LogP contribution is 2.24. The second-order valence-electron chi connectivity index (χ2n) is 6.82. The minimum atomic E-state index is 0.216. The highest BCUT2D eigenvalue weighted by molar-refractivity contribution is 5.79. The molecule has 6 nitrogen and oxygen atoms in total. The lowest BCUT2D eigenvalue weighted by molar-refractivity contribution is -0.0971. The van der Waals surface area contributed by atoms with Crippen molar-refractivity contribution in [2.24, 2.45) is 10.4 Å². The van der Waals surface area contributed by atoms with Gasteiger partial charge in [-0.1, -0.05) is 31.2 Å². The maximum absolute atomic E-state index is 5.32. The maximum atomic E-state index is 5.32. The lowest BCUT2D eigenvalue weighted by Gasteiger charge is -2.38. The smallest absolute Gasteiger partial charge is 0.191 e. The van der Waals surface area contributed by atoms with Crippen LogP contribution >= 0.6 is 0 Å². The van der Waals surface area contributed by atoms with Crippen LogP contribution in [0.4, 0.5) is 0 Å². The zero-order chi connectivity index (χ0) is 17.5. The fraction of sp³-hybridized carbons (Fsp3) is 0.474. The molecule has 1 aliphatic rings. The quantitative estimate of drug-likeness (QED) is 0.597. The van der Waals surface area contributed by atoms with Crippen LogP contribution in [-0.4, -0.2) is 42.0 Å². The first kappa shape index (κ1) is 17.5. The van der Waals surface area contributed by atoms with E-state index in [0.717, 1.165) is 38.8 Å². The molecule has 0 unspecified atom stereocenters. The Morgan fingerprint density at radius 3 is 2.68 bits per heavy atom. The number of nitrogens with zero attached hydrogens (tertiary/aromatic N) is 3. The number of benzene rings is 1. The second-order valence-corrected chi connectivity index (χ2v) is 6.82. The first-order chi connectivity index (χ1) is 12.2. The van der Waals surface area contributed by atoms with Gasteiger partial charge in [0.05, 0.1) is 26.3 Å². The van der Waals surface area contributed by atoms with E-state index < -0.39 is 0 Å². The maximum Gasteiger partial charge on any atom is 0.191 e. The Kier molecular flexibility index (Phi) is 5.71. The van der Waals surface area contributed by atoms with Gasteiger partial charge in [0.1, 0.15) is 0 Å². The van der Waals surface area contributed by atoms with Crippen LogP contribution in [0.2, 0.25) is 0 Å². The summed E-state index contributed by atoms with van der Waals surface area (Å²) in [5.74, 6) is 0.851. The van der Waals surface area contributed by atoms with Crippen molar-refractivity contribution < 1.29 is 4.74 Å². The van der Waals surface area contributed by atoms with Gasteiger partial charge in [0.2, 0.25) is 0 Å². The monoisotopic (exact) mass is 341 g/mol. The van der Waals surface area contributed by atoms with E-state index >= 15 is 0 Å². The highest BCUT2D eigenvalue weighted by Gasteiger charge is 2.33. The SMILES string of the molecule is CCNC(=NCc1ccccc1Cn1cccn1)NCC1(C)COC1. The fourth-order valence-electron chi connectivity index (χ4n) is 2.79. The Morgan fingerprint density at radius 1 is 1.24 bits per heavy atom. The van der Waals surface area contributed by atoms with Gasteiger partial charge in [-0.15, -0.1) is 0 Å². The molecule has 0 radical (unpaired) electrons. The lowest BCUT2D eigenvalue weighted by Crippen LogP contribution is -2.51. The van der Waals surface area contributed by atoms with Crippen LogP contribution in [0.5, 0.6) is 0 Å². The molecular formula is C19H27N5O. The van der Waals surface area contributed by atoms with E-state index in [-0.39, 0.29) is 5.41 Å². The van der Waals surface area contributed by atoms with E-state index in [2.05, 4.69) is 53.8 Å². The number of nitrogens with one attached hydrogen (secondary N) is 2. The Bertz CT molecular complexity index is 692. The summed E-state index contributed by atoms with van der Waals surface area (Å²) in [5, 5.41) is 11.1. The van der Waals surface area contributed by atoms with Crippen molar-refractivity contribution in [2.45, 2.75) is 26.9 Å². The van der Waals surface area contributed by atoms with Crippen molar-refractivity contribution in [3.05, 3.63) is 53.9 Å². The molecular weight excluding hydrogens is 314 g/mol. The fourth-order valence-corrected chi connectivity index (χ4v) is 2.79. The first-order valence-electron chi connectivity index (χ1n) is 8.83. The summed E-state index contributed by atoms with van der Waals surface area (Å²) in [6, 6.07) is 10.3. The predicted octanol–water partition coefficient (Wildman–Crippen LogP) is 2.02. The van der Waals surface area contributed by atoms with E-state index in [9.17, 15) is 0 Å². The minimum absolute atomic E-state index is 0.216. The minimum Gasteiger partial charge on any atom is -0.380 e. The van der Waals surface area contributed by atoms with E-state index in [0.29, 0.717) is 6.54 Å². The van der Waals surface area contributed by atoms with Crippen LogP contribution < -0.4 is 10.6 Å². The lowest BCUT2D eigenvalue weighted by atomic mass is 9.89. The summed E-state index contributed by atoms with van der Waals surface area (Å²) in [7, 11) is 0. The zero-order valence-corrected chi connectivity index (χ0v) is 15.0. The van der Waals surface area contributed by atoms with Gasteiger partial charge >= 0.3 is 0 Å². The largest absolute Gasteiger partial charge is 0.380 e. The topological polar surface area (TPSA) is 63.5 Å². The molecule has 1 aliphatic heterocycles. The molecule has 0 spiro atoms. The molecule has 2 heterocycles. The molecule has 2 aromatic rings. The number of aromatic nitrogens is 2. The number of rotatable bonds is 7.